The van der Waals surface area contributed by atoms with E-state index in [1.807, 2.05) is 0 Å². The van der Waals surface area contributed by atoms with Crippen molar-refractivity contribution in [2.24, 2.45) is 0 Å². The lowest BCUT2D eigenvalue weighted by atomic mass is 9.79. The molecular weight excluding hydrogens is 239 g/mol. The topological polar surface area (TPSA) is 31.6 Å². The number of furan rings is 1. The third kappa shape index (κ3) is 2.15. The molecule has 1 saturated heterocycles. The predicted molar refractivity (Wildman–Crippen MR) is 75.6 cm³/mol. The van der Waals surface area contributed by atoms with E-state index in [2.05, 4.69) is 33.8 Å². The van der Waals surface area contributed by atoms with Gasteiger partial charge in [0.1, 0.15) is 5.66 Å². The van der Waals surface area contributed by atoms with Crippen LogP contribution in [0.15, 0.2) is 16.7 Å². The summed E-state index contributed by atoms with van der Waals surface area (Å²) in [4.78, 5) is 0. The molecule has 2 fully saturated rings. The van der Waals surface area contributed by atoms with Gasteiger partial charge in [0.15, 0.2) is 0 Å². The number of hydrogen-bond acceptors (Lipinski definition) is 3. The minimum Gasteiger partial charge on any atom is -0.473 e. The van der Waals surface area contributed by atoms with Crippen LogP contribution in [-0.2, 0) is 9.31 Å². The van der Waals surface area contributed by atoms with Crippen molar-refractivity contribution < 1.29 is 13.7 Å². The zero-order valence-electron chi connectivity index (χ0n) is 12.4. The Morgan fingerprint density at radius 3 is 2.21 bits per heavy atom. The zero-order chi connectivity index (χ0) is 13.7. The first-order chi connectivity index (χ1) is 8.91. The van der Waals surface area contributed by atoms with Crippen LogP contribution in [0, 0.1) is 0 Å². The van der Waals surface area contributed by atoms with Gasteiger partial charge in [-0.1, -0.05) is 12.8 Å². The molecule has 0 bridgehead atoms. The summed E-state index contributed by atoms with van der Waals surface area (Å²) >= 11 is 0. The molecule has 0 amide bonds. The molecule has 0 aromatic carbocycles. The quantitative estimate of drug-likeness (QED) is 0.767. The van der Waals surface area contributed by atoms with Crippen LogP contribution in [0.5, 0.6) is 0 Å². The second kappa shape index (κ2) is 4.39. The Morgan fingerprint density at radius 2 is 1.63 bits per heavy atom. The zero-order valence-corrected chi connectivity index (χ0v) is 12.4. The van der Waals surface area contributed by atoms with Crippen molar-refractivity contribution in [3.63, 3.8) is 0 Å². The lowest BCUT2D eigenvalue weighted by Gasteiger charge is -2.32. The third-order valence-corrected chi connectivity index (χ3v) is 4.99. The fourth-order valence-electron chi connectivity index (χ4n) is 3.05. The molecule has 19 heavy (non-hydrogen) atoms. The lowest BCUT2D eigenvalue weighted by Crippen LogP contribution is -2.41. The van der Waals surface area contributed by atoms with Gasteiger partial charge in [-0.3, -0.25) is 0 Å². The molecule has 3 nitrogen and oxygen atoms in total. The minimum absolute atomic E-state index is 0.308. The molecule has 104 valence electrons. The van der Waals surface area contributed by atoms with Gasteiger partial charge in [0.2, 0.25) is 0 Å². The van der Waals surface area contributed by atoms with Gasteiger partial charge < -0.3 is 13.7 Å². The van der Waals surface area contributed by atoms with Gasteiger partial charge in [0.05, 0.1) is 17.5 Å². The normalized spacial score (nSPS) is 26.2. The van der Waals surface area contributed by atoms with E-state index in [9.17, 15) is 0 Å². The Morgan fingerprint density at radius 1 is 1.05 bits per heavy atom. The fourth-order valence-corrected chi connectivity index (χ4v) is 3.05. The van der Waals surface area contributed by atoms with Crippen LogP contribution in [0.2, 0.25) is 0 Å². The minimum atomic E-state index is -0.365. The molecule has 1 aliphatic carbocycles. The van der Waals surface area contributed by atoms with E-state index < -0.39 is 0 Å². The van der Waals surface area contributed by atoms with E-state index in [0.29, 0.717) is 5.92 Å². The van der Waals surface area contributed by atoms with Gasteiger partial charge in [-0.15, -0.1) is 0 Å². The van der Waals surface area contributed by atoms with E-state index in [4.69, 9.17) is 13.7 Å². The maximum Gasteiger partial charge on any atom is 0.533 e. The average molecular weight is 262 g/mol. The molecule has 2 aliphatic rings. The van der Waals surface area contributed by atoms with E-state index in [0.717, 1.165) is 5.66 Å². The van der Waals surface area contributed by atoms with Crippen molar-refractivity contribution in [2.45, 2.75) is 70.5 Å². The van der Waals surface area contributed by atoms with Crippen LogP contribution in [0.3, 0.4) is 0 Å². The van der Waals surface area contributed by atoms with Crippen molar-refractivity contribution in [3.8, 4) is 0 Å². The van der Waals surface area contributed by atoms with Crippen molar-refractivity contribution in [3.05, 3.63) is 17.9 Å². The van der Waals surface area contributed by atoms with Gasteiger partial charge in [-0.2, -0.15) is 0 Å². The molecule has 1 aromatic rings. The maximum atomic E-state index is 6.09. The average Bonchev–Trinajstić information content (AvgIpc) is 3.00. The van der Waals surface area contributed by atoms with Crippen LogP contribution in [0.1, 0.15) is 64.9 Å². The van der Waals surface area contributed by atoms with Gasteiger partial charge >= 0.3 is 7.12 Å². The summed E-state index contributed by atoms with van der Waals surface area (Å²) in [5.41, 5.74) is 1.55. The molecule has 3 rings (SSSR count). The van der Waals surface area contributed by atoms with E-state index in [1.165, 1.54) is 31.2 Å². The molecule has 1 aromatic heterocycles. The Bertz CT molecular complexity index is 442. The van der Waals surface area contributed by atoms with Gasteiger partial charge in [0, 0.05) is 0 Å². The maximum absolute atomic E-state index is 6.09. The molecule has 0 N–H and O–H groups in total. The summed E-state index contributed by atoms with van der Waals surface area (Å²) in [6, 6.07) is 2.09. The van der Waals surface area contributed by atoms with Crippen molar-refractivity contribution >= 4 is 12.8 Å². The number of hydrogen-bond donors (Lipinski definition) is 0. The van der Waals surface area contributed by atoms with Crippen LogP contribution in [-0.4, -0.2) is 18.3 Å². The standard InChI is InChI=1S/C15H23BO3/c1-14(2)15(3,4)19-16(18-14)13-12(9-10-17-13)11-7-5-6-8-11/h9-11H,5-8H2,1-4H3. The Kier molecular flexibility index (Phi) is 3.06. The smallest absolute Gasteiger partial charge is 0.473 e. The van der Waals surface area contributed by atoms with E-state index in [-0.39, 0.29) is 18.3 Å². The molecule has 0 radical (unpaired) electrons. The predicted octanol–water partition coefficient (Wildman–Crippen LogP) is 3.24. The summed E-state index contributed by atoms with van der Waals surface area (Å²) in [5, 5.41) is 0. The van der Waals surface area contributed by atoms with E-state index >= 15 is 0 Å². The van der Waals surface area contributed by atoms with Crippen molar-refractivity contribution in [2.75, 3.05) is 0 Å². The van der Waals surface area contributed by atoms with Gasteiger partial charge in [0.25, 0.3) is 0 Å². The highest BCUT2D eigenvalue weighted by molar-refractivity contribution is 6.61. The molecule has 2 heterocycles. The molecule has 0 spiro atoms. The second-order valence-corrected chi connectivity index (χ2v) is 6.81. The first kappa shape index (κ1) is 13.3. The first-order valence-electron chi connectivity index (χ1n) is 7.34. The summed E-state index contributed by atoms with van der Waals surface area (Å²) < 4.78 is 17.9. The summed E-state index contributed by atoms with van der Waals surface area (Å²) in [5.74, 6) is 0.618. The highest BCUT2D eigenvalue weighted by Crippen LogP contribution is 2.39. The monoisotopic (exact) mass is 262 g/mol. The molecule has 1 saturated carbocycles. The number of rotatable bonds is 2. The molecule has 0 atom stereocenters. The van der Waals surface area contributed by atoms with Gasteiger partial charge in [-0.05, 0) is 58.1 Å². The molecule has 4 heteroatoms. The van der Waals surface area contributed by atoms with Crippen LogP contribution in [0.25, 0.3) is 0 Å². The second-order valence-electron chi connectivity index (χ2n) is 6.81. The Balaban J connectivity index is 1.86. The fraction of sp³-hybridized carbons (Fsp3) is 0.733. The molecular formula is C15H23BO3. The summed E-state index contributed by atoms with van der Waals surface area (Å²) in [6.45, 7) is 8.30. The Labute approximate surface area is 115 Å². The SMILES string of the molecule is CC1(C)OB(c2occc2C2CCCC2)OC1(C)C. The van der Waals surface area contributed by atoms with Crippen LogP contribution < -0.4 is 5.66 Å². The molecule has 1 aliphatic heterocycles. The highest BCUT2D eigenvalue weighted by atomic mass is 16.7. The third-order valence-electron chi connectivity index (χ3n) is 4.99. The first-order valence-corrected chi connectivity index (χ1v) is 7.34. The van der Waals surface area contributed by atoms with E-state index in [1.54, 1.807) is 6.26 Å². The lowest BCUT2D eigenvalue weighted by molar-refractivity contribution is 0.00578. The summed E-state index contributed by atoms with van der Waals surface area (Å²) in [7, 11) is -0.365. The molecule has 0 unspecified atom stereocenters. The Hall–Kier alpha value is -0.735. The van der Waals surface area contributed by atoms with Crippen LogP contribution >= 0.6 is 0 Å². The highest BCUT2D eigenvalue weighted by Gasteiger charge is 2.53. The summed E-state index contributed by atoms with van der Waals surface area (Å²) in [6.07, 6.45) is 6.92. The van der Waals surface area contributed by atoms with Crippen LogP contribution in [0.4, 0.5) is 0 Å². The largest absolute Gasteiger partial charge is 0.533 e. The van der Waals surface area contributed by atoms with Crippen molar-refractivity contribution in [1.29, 1.82) is 0 Å². The van der Waals surface area contributed by atoms with Gasteiger partial charge in [-0.25, -0.2) is 0 Å². The van der Waals surface area contributed by atoms with Crippen molar-refractivity contribution in [1.82, 2.24) is 0 Å².